The molecule has 0 saturated carbocycles. The lowest BCUT2D eigenvalue weighted by Gasteiger charge is -2.48. The summed E-state index contributed by atoms with van der Waals surface area (Å²) in [6.07, 6.45) is 4.44. The van der Waals surface area contributed by atoms with Gasteiger partial charge in [-0.15, -0.1) is 0 Å². The third-order valence-electron chi connectivity index (χ3n) is 5.13. The Morgan fingerprint density at radius 2 is 2.11 bits per heavy atom. The number of carbonyl (C=O) groups excluding carboxylic acids is 1. The van der Waals surface area contributed by atoms with E-state index in [2.05, 4.69) is 4.98 Å². The molecule has 156 valence electrons. The molecular weight excluding hydrogens is 365 g/mol. The highest BCUT2D eigenvalue weighted by Crippen LogP contribution is 2.34. The highest BCUT2D eigenvalue weighted by atomic mass is 19.1. The number of hydrogen-bond acceptors (Lipinski definition) is 6. The molecule has 3 rings (SSSR count). The van der Waals surface area contributed by atoms with Gasteiger partial charge in [-0.1, -0.05) is 0 Å². The third kappa shape index (κ3) is 5.11. The number of hydrogen-bond donors (Lipinski definition) is 1. The Bertz CT molecular complexity index is 681. The number of amides is 1. The van der Waals surface area contributed by atoms with Crippen molar-refractivity contribution in [3.8, 4) is 0 Å². The van der Waals surface area contributed by atoms with Crippen LogP contribution in [0.15, 0.2) is 12.4 Å². The summed E-state index contributed by atoms with van der Waals surface area (Å²) >= 11 is 0. The molecule has 1 aromatic rings. The molecule has 1 amide bonds. The van der Waals surface area contributed by atoms with E-state index in [1.165, 1.54) is 12.4 Å². The van der Waals surface area contributed by atoms with Crippen LogP contribution in [-0.4, -0.2) is 59.6 Å². The molecule has 2 aliphatic rings. The van der Waals surface area contributed by atoms with Crippen molar-refractivity contribution >= 4 is 11.8 Å². The number of carbonyl (C=O) groups is 1. The van der Waals surface area contributed by atoms with Gasteiger partial charge >= 0.3 is 6.09 Å². The summed E-state index contributed by atoms with van der Waals surface area (Å²) in [7, 11) is 0. The van der Waals surface area contributed by atoms with Gasteiger partial charge in [0.25, 0.3) is 0 Å². The number of halogens is 1. The van der Waals surface area contributed by atoms with Gasteiger partial charge in [0.2, 0.25) is 0 Å². The molecule has 28 heavy (non-hydrogen) atoms. The number of morpholine rings is 1. The minimum absolute atomic E-state index is 0.230. The minimum Gasteiger partial charge on any atom is -0.444 e. The number of nitrogen functional groups attached to an aromatic ring is 1. The minimum atomic E-state index is -0.567. The number of anilines is 1. The molecule has 0 bridgehead atoms. The van der Waals surface area contributed by atoms with E-state index in [1.807, 2.05) is 20.8 Å². The Kier molecular flexibility index (Phi) is 6.09. The molecule has 8 heteroatoms. The van der Waals surface area contributed by atoms with Crippen molar-refractivity contribution in [3.05, 3.63) is 23.8 Å². The first-order valence-electron chi connectivity index (χ1n) is 9.79. The first kappa shape index (κ1) is 20.8. The quantitative estimate of drug-likeness (QED) is 0.847. The van der Waals surface area contributed by atoms with E-state index < -0.39 is 17.0 Å². The van der Waals surface area contributed by atoms with Crippen molar-refractivity contribution in [2.45, 2.75) is 63.8 Å². The third-order valence-corrected chi connectivity index (χ3v) is 5.13. The van der Waals surface area contributed by atoms with E-state index in [-0.39, 0.29) is 12.2 Å². The fourth-order valence-electron chi connectivity index (χ4n) is 3.77. The Morgan fingerprint density at radius 1 is 1.39 bits per heavy atom. The molecule has 0 aromatic carbocycles. The predicted octanol–water partition coefficient (Wildman–Crippen LogP) is 2.92. The zero-order valence-electron chi connectivity index (χ0n) is 16.9. The largest absolute Gasteiger partial charge is 0.444 e. The van der Waals surface area contributed by atoms with Gasteiger partial charge < -0.3 is 24.8 Å². The van der Waals surface area contributed by atoms with Gasteiger partial charge in [-0.3, -0.25) is 4.98 Å². The number of rotatable bonds is 3. The maximum absolute atomic E-state index is 14.1. The van der Waals surface area contributed by atoms with Crippen LogP contribution in [0.25, 0.3) is 0 Å². The van der Waals surface area contributed by atoms with Gasteiger partial charge in [0.15, 0.2) is 0 Å². The second kappa shape index (κ2) is 8.21. The van der Waals surface area contributed by atoms with E-state index in [9.17, 15) is 9.18 Å². The molecule has 1 aromatic heterocycles. The van der Waals surface area contributed by atoms with Crippen LogP contribution in [0.1, 0.15) is 45.6 Å². The molecule has 2 aliphatic heterocycles. The maximum Gasteiger partial charge on any atom is 0.410 e. The average Bonchev–Trinajstić information content (AvgIpc) is 2.60. The van der Waals surface area contributed by atoms with E-state index in [0.29, 0.717) is 63.2 Å². The van der Waals surface area contributed by atoms with Crippen LogP contribution in [0.5, 0.6) is 0 Å². The van der Waals surface area contributed by atoms with Crippen molar-refractivity contribution in [1.82, 2.24) is 9.88 Å². The Labute approximate surface area is 165 Å². The first-order valence-corrected chi connectivity index (χ1v) is 9.79. The molecule has 1 atom stereocenters. The van der Waals surface area contributed by atoms with Gasteiger partial charge in [0.1, 0.15) is 11.4 Å². The van der Waals surface area contributed by atoms with Crippen LogP contribution in [-0.2, 0) is 20.6 Å². The molecule has 2 saturated heterocycles. The lowest BCUT2D eigenvalue weighted by Crippen LogP contribution is -2.59. The molecule has 0 radical (unpaired) electrons. The van der Waals surface area contributed by atoms with E-state index >= 15 is 0 Å². The number of nitrogens with zero attached hydrogens (tertiary/aromatic N) is 2. The summed E-state index contributed by atoms with van der Waals surface area (Å²) in [5.41, 5.74) is 5.64. The van der Waals surface area contributed by atoms with Crippen molar-refractivity contribution in [2.75, 3.05) is 32.0 Å². The van der Waals surface area contributed by atoms with Crippen LogP contribution in [0.2, 0.25) is 0 Å². The summed E-state index contributed by atoms with van der Waals surface area (Å²) in [4.78, 5) is 18.2. The second-order valence-corrected chi connectivity index (χ2v) is 8.62. The van der Waals surface area contributed by atoms with Gasteiger partial charge in [0, 0.05) is 31.6 Å². The molecule has 1 spiro atoms. The molecular formula is C20H30FN3O4. The van der Waals surface area contributed by atoms with Crippen LogP contribution in [0.3, 0.4) is 0 Å². The topological polar surface area (TPSA) is 86.9 Å². The highest BCUT2D eigenvalue weighted by Gasteiger charge is 2.44. The zero-order valence-corrected chi connectivity index (χ0v) is 16.9. The van der Waals surface area contributed by atoms with E-state index in [4.69, 9.17) is 19.9 Å². The number of nitrogens with two attached hydrogens (primary N) is 1. The summed E-state index contributed by atoms with van der Waals surface area (Å²) in [6, 6.07) is 0. The lowest BCUT2D eigenvalue weighted by molar-refractivity contribution is -0.186. The summed E-state index contributed by atoms with van der Waals surface area (Å²) in [5.74, 6) is -0.416. The van der Waals surface area contributed by atoms with E-state index in [0.717, 1.165) is 0 Å². The average molecular weight is 395 g/mol. The summed E-state index contributed by atoms with van der Waals surface area (Å²) in [5, 5.41) is 0. The highest BCUT2D eigenvalue weighted by molar-refractivity contribution is 5.68. The van der Waals surface area contributed by atoms with Crippen LogP contribution in [0, 0.1) is 5.82 Å². The van der Waals surface area contributed by atoms with Gasteiger partial charge in [0.05, 0.1) is 42.9 Å². The van der Waals surface area contributed by atoms with Crippen molar-refractivity contribution in [3.63, 3.8) is 0 Å². The SMILES string of the molecule is CC(C)(C)OC(=O)N1CC(CCc2c(N)cncc2F)OC2(CCOCC2)C1. The number of aromatic nitrogens is 1. The monoisotopic (exact) mass is 395 g/mol. The van der Waals surface area contributed by atoms with Crippen molar-refractivity contribution < 1.29 is 23.4 Å². The molecule has 2 N–H and O–H groups in total. The second-order valence-electron chi connectivity index (χ2n) is 8.62. The fraction of sp³-hybridized carbons (Fsp3) is 0.700. The van der Waals surface area contributed by atoms with Crippen molar-refractivity contribution in [2.24, 2.45) is 0 Å². The maximum atomic E-state index is 14.1. The number of ether oxygens (including phenoxy) is 3. The molecule has 3 heterocycles. The van der Waals surface area contributed by atoms with Gasteiger partial charge in [-0.2, -0.15) is 0 Å². The summed E-state index contributed by atoms with van der Waals surface area (Å²) in [6.45, 7) is 7.63. The standard InChI is InChI=1S/C20H30FN3O4/c1-19(2,3)28-18(25)24-12-14(27-20(13-24)6-8-26-9-7-20)4-5-15-16(21)10-23-11-17(15)22/h10-11,14H,4-9,12-13,22H2,1-3H3. The Balaban J connectivity index is 1.73. The predicted molar refractivity (Wildman–Crippen MR) is 102 cm³/mol. The van der Waals surface area contributed by atoms with Crippen LogP contribution >= 0.6 is 0 Å². The normalized spacial score (nSPS) is 22.3. The van der Waals surface area contributed by atoms with Gasteiger partial charge in [-0.05, 0) is 33.6 Å². The molecule has 7 nitrogen and oxygen atoms in total. The Morgan fingerprint density at radius 3 is 2.75 bits per heavy atom. The first-order chi connectivity index (χ1) is 13.2. The lowest BCUT2D eigenvalue weighted by atomic mass is 9.90. The molecule has 2 fully saturated rings. The van der Waals surface area contributed by atoms with Crippen molar-refractivity contribution in [1.29, 1.82) is 0 Å². The summed E-state index contributed by atoms with van der Waals surface area (Å²) < 4.78 is 31.5. The smallest absolute Gasteiger partial charge is 0.410 e. The molecule has 0 aliphatic carbocycles. The Hall–Kier alpha value is -1.93. The zero-order chi connectivity index (χ0) is 20.4. The fourth-order valence-corrected chi connectivity index (χ4v) is 3.77. The molecule has 1 unspecified atom stereocenters. The van der Waals surface area contributed by atoms with E-state index in [1.54, 1.807) is 4.90 Å². The number of pyridine rings is 1. The van der Waals surface area contributed by atoms with Crippen LogP contribution < -0.4 is 5.73 Å². The van der Waals surface area contributed by atoms with Gasteiger partial charge in [-0.25, -0.2) is 9.18 Å². The van der Waals surface area contributed by atoms with Crippen LogP contribution in [0.4, 0.5) is 14.9 Å².